The topological polar surface area (TPSA) is 85.2 Å². The Bertz CT molecular complexity index is 996. The molecule has 7 heteroatoms. The van der Waals surface area contributed by atoms with Crippen LogP contribution in [0.5, 0.6) is 0 Å². The van der Waals surface area contributed by atoms with E-state index in [0.29, 0.717) is 33.1 Å². The first-order valence-electron chi connectivity index (χ1n) is 7.56. The zero-order valence-corrected chi connectivity index (χ0v) is 15.0. The fourth-order valence-corrected chi connectivity index (χ4v) is 3.61. The molecular formula is C17H18N2O4S. The van der Waals surface area contributed by atoms with Crippen LogP contribution >= 0.6 is 11.3 Å². The van der Waals surface area contributed by atoms with Gasteiger partial charge < -0.3 is 14.1 Å². The molecule has 0 aromatic carbocycles. The molecule has 3 aromatic rings. The number of esters is 1. The molecule has 0 aliphatic carbocycles. The SMILES string of the molecule is Cc1cc(C(=O)O[C@H](C)c2nc3sc(C)c(C)c3c(=O)[nH]2)c(C)o1. The molecule has 0 fully saturated rings. The van der Waals surface area contributed by atoms with Crippen molar-refractivity contribution in [2.45, 2.75) is 40.7 Å². The van der Waals surface area contributed by atoms with Gasteiger partial charge in [-0.05, 0) is 46.2 Å². The van der Waals surface area contributed by atoms with Gasteiger partial charge in [0.15, 0.2) is 11.9 Å². The number of ether oxygens (including phenoxy) is 1. The third-order valence-corrected chi connectivity index (χ3v) is 5.09. The third kappa shape index (κ3) is 2.75. The predicted octanol–water partition coefficient (Wildman–Crippen LogP) is 3.73. The summed E-state index contributed by atoms with van der Waals surface area (Å²) in [7, 11) is 0. The minimum atomic E-state index is -0.674. The number of aryl methyl sites for hydroxylation is 4. The van der Waals surface area contributed by atoms with Crippen LogP contribution in [0.3, 0.4) is 0 Å². The first-order chi connectivity index (χ1) is 11.3. The lowest BCUT2D eigenvalue weighted by molar-refractivity contribution is 0.0318. The monoisotopic (exact) mass is 346 g/mol. The zero-order chi connectivity index (χ0) is 17.6. The Morgan fingerprint density at radius 2 is 2.04 bits per heavy atom. The first-order valence-corrected chi connectivity index (χ1v) is 8.37. The van der Waals surface area contributed by atoms with Crippen molar-refractivity contribution in [1.82, 2.24) is 9.97 Å². The van der Waals surface area contributed by atoms with E-state index >= 15 is 0 Å². The van der Waals surface area contributed by atoms with Crippen molar-refractivity contribution in [3.05, 3.63) is 49.8 Å². The van der Waals surface area contributed by atoms with Gasteiger partial charge in [0.05, 0.1) is 5.39 Å². The van der Waals surface area contributed by atoms with Crippen molar-refractivity contribution >= 4 is 27.5 Å². The van der Waals surface area contributed by atoms with E-state index in [2.05, 4.69) is 9.97 Å². The van der Waals surface area contributed by atoms with Gasteiger partial charge in [-0.1, -0.05) is 0 Å². The Kier molecular flexibility index (Phi) is 4.04. The molecule has 3 aromatic heterocycles. The highest BCUT2D eigenvalue weighted by Gasteiger charge is 2.21. The number of nitrogens with one attached hydrogen (secondary N) is 1. The van der Waals surface area contributed by atoms with Crippen molar-refractivity contribution in [2.75, 3.05) is 0 Å². The molecule has 0 saturated heterocycles. The molecule has 0 unspecified atom stereocenters. The van der Waals surface area contributed by atoms with Gasteiger partial charge in [-0.3, -0.25) is 4.79 Å². The number of furan rings is 1. The van der Waals surface area contributed by atoms with Gasteiger partial charge >= 0.3 is 5.97 Å². The predicted molar refractivity (Wildman–Crippen MR) is 91.7 cm³/mol. The van der Waals surface area contributed by atoms with E-state index in [0.717, 1.165) is 10.4 Å². The van der Waals surface area contributed by atoms with Crippen molar-refractivity contribution in [2.24, 2.45) is 0 Å². The lowest BCUT2D eigenvalue weighted by atomic mass is 10.2. The van der Waals surface area contributed by atoms with Crippen molar-refractivity contribution in [1.29, 1.82) is 0 Å². The standard InChI is InChI=1S/C17H18N2O4S/c1-7-6-12(9(3)22-7)17(21)23-10(4)14-18-15(20)13-8(2)11(5)24-16(13)19-14/h6,10H,1-5H3,(H,18,19,20)/t10-/m1/s1. The molecule has 1 atom stereocenters. The largest absolute Gasteiger partial charge is 0.466 e. The second kappa shape index (κ2) is 5.90. The maximum absolute atomic E-state index is 12.3. The minimum Gasteiger partial charge on any atom is -0.466 e. The molecule has 126 valence electrons. The van der Waals surface area contributed by atoms with E-state index < -0.39 is 12.1 Å². The molecule has 24 heavy (non-hydrogen) atoms. The zero-order valence-electron chi connectivity index (χ0n) is 14.1. The lowest BCUT2D eigenvalue weighted by Crippen LogP contribution is -2.17. The van der Waals surface area contributed by atoms with Crippen molar-refractivity contribution in [3.8, 4) is 0 Å². The maximum atomic E-state index is 12.3. The molecule has 0 aliphatic rings. The number of thiophene rings is 1. The fourth-order valence-electron chi connectivity index (χ4n) is 2.58. The number of aromatic amines is 1. The van der Waals surface area contributed by atoms with E-state index in [-0.39, 0.29) is 5.56 Å². The smallest absolute Gasteiger partial charge is 0.342 e. The summed E-state index contributed by atoms with van der Waals surface area (Å²) < 4.78 is 10.8. The molecule has 0 radical (unpaired) electrons. The van der Waals surface area contributed by atoms with E-state index in [1.807, 2.05) is 13.8 Å². The van der Waals surface area contributed by atoms with Crippen LogP contribution in [0.25, 0.3) is 10.2 Å². The summed E-state index contributed by atoms with van der Waals surface area (Å²) >= 11 is 1.46. The van der Waals surface area contributed by atoms with Crippen molar-refractivity contribution < 1.29 is 13.9 Å². The number of rotatable bonds is 3. The first kappa shape index (κ1) is 16.4. The van der Waals surface area contributed by atoms with Gasteiger partial charge in [-0.25, -0.2) is 9.78 Å². The van der Waals surface area contributed by atoms with Crippen LogP contribution in [-0.2, 0) is 4.74 Å². The van der Waals surface area contributed by atoms with Gasteiger partial charge in [0.25, 0.3) is 5.56 Å². The molecular weight excluding hydrogens is 328 g/mol. The van der Waals surface area contributed by atoms with Crippen molar-refractivity contribution in [3.63, 3.8) is 0 Å². The average molecular weight is 346 g/mol. The van der Waals surface area contributed by atoms with Gasteiger partial charge in [0.1, 0.15) is 21.9 Å². The van der Waals surface area contributed by atoms with E-state index in [4.69, 9.17) is 9.15 Å². The van der Waals surface area contributed by atoms with Crippen LogP contribution < -0.4 is 5.56 Å². The van der Waals surface area contributed by atoms with Crippen LogP contribution in [0, 0.1) is 27.7 Å². The van der Waals surface area contributed by atoms with Crippen LogP contribution in [0.4, 0.5) is 0 Å². The van der Waals surface area contributed by atoms with Crippen LogP contribution in [0.2, 0.25) is 0 Å². The van der Waals surface area contributed by atoms with Crippen LogP contribution in [0.1, 0.15) is 51.2 Å². The molecule has 1 N–H and O–H groups in total. The number of fused-ring (bicyclic) bond motifs is 1. The summed E-state index contributed by atoms with van der Waals surface area (Å²) in [6.45, 7) is 9.00. The summed E-state index contributed by atoms with van der Waals surface area (Å²) in [5.41, 5.74) is 1.10. The van der Waals surface area contributed by atoms with E-state index in [1.165, 1.54) is 11.3 Å². The Morgan fingerprint density at radius 3 is 2.67 bits per heavy atom. The Labute approximate surface area is 142 Å². The third-order valence-electron chi connectivity index (χ3n) is 3.99. The highest BCUT2D eigenvalue weighted by molar-refractivity contribution is 7.18. The quantitative estimate of drug-likeness (QED) is 0.730. The van der Waals surface area contributed by atoms with E-state index in [9.17, 15) is 9.59 Å². The van der Waals surface area contributed by atoms with Gasteiger partial charge in [-0.2, -0.15) is 0 Å². The minimum absolute atomic E-state index is 0.213. The highest BCUT2D eigenvalue weighted by atomic mass is 32.1. The molecule has 0 bridgehead atoms. The summed E-state index contributed by atoms with van der Waals surface area (Å²) in [4.78, 5) is 33.5. The highest BCUT2D eigenvalue weighted by Crippen LogP contribution is 2.27. The Morgan fingerprint density at radius 1 is 1.33 bits per heavy atom. The van der Waals surface area contributed by atoms with Gasteiger partial charge in [-0.15, -0.1) is 11.3 Å². The second-order valence-electron chi connectivity index (χ2n) is 5.79. The van der Waals surface area contributed by atoms with Gasteiger partial charge in [0, 0.05) is 4.88 Å². The molecule has 3 rings (SSSR count). The number of carbonyl (C=O) groups is 1. The molecule has 6 nitrogen and oxygen atoms in total. The molecule has 0 amide bonds. The average Bonchev–Trinajstić information content (AvgIpc) is 2.98. The molecule has 0 aliphatic heterocycles. The summed E-state index contributed by atoms with van der Waals surface area (Å²) in [5, 5.41) is 0.598. The van der Waals surface area contributed by atoms with Crippen LogP contribution in [0.15, 0.2) is 15.3 Å². The Hall–Kier alpha value is -2.41. The maximum Gasteiger partial charge on any atom is 0.342 e. The number of nitrogens with zero attached hydrogens (tertiary/aromatic N) is 1. The number of carbonyl (C=O) groups excluding carboxylic acids is 1. The number of hydrogen-bond donors (Lipinski definition) is 1. The van der Waals surface area contributed by atoms with E-state index in [1.54, 1.807) is 26.8 Å². The summed E-state index contributed by atoms with van der Waals surface area (Å²) in [6, 6.07) is 1.63. The summed E-state index contributed by atoms with van der Waals surface area (Å²) in [5.74, 6) is 0.980. The number of hydrogen-bond acceptors (Lipinski definition) is 6. The molecule has 0 saturated carbocycles. The lowest BCUT2D eigenvalue weighted by Gasteiger charge is -2.12. The second-order valence-corrected chi connectivity index (χ2v) is 6.99. The summed E-state index contributed by atoms with van der Waals surface area (Å²) in [6.07, 6.45) is -0.674. The normalized spacial score (nSPS) is 12.5. The number of H-pyrrole nitrogens is 1. The molecule has 0 spiro atoms. The molecule has 3 heterocycles. The fraction of sp³-hybridized carbons (Fsp3) is 0.353. The Balaban J connectivity index is 1.91. The van der Waals surface area contributed by atoms with Crippen LogP contribution in [-0.4, -0.2) is 15.9 Å². The van der Waals surface area contributed by atoms with Gasteiger partial charge in [0.2, 0.25) is 0 Å². The number of aromatic nitrogens is 2.